The Morgan fingerprint density at radius 3 is 2.38 bits per heavy atom. The maximum Gasteiger partial charge on any atom is 0.305 e. The molecule has 6 nitrogen and oxygen atoms in total. The molecule has 1 unspecified atom stereocenters. The lowest BCUT2D eigenvalue weighted by Crippen LogP contribution is -2.53. The lowest BCUT2D eigenvalue weighted by atomic mass is 9.96. The predicted octanol–water partition coefficient (Wildman–Crippen LogP) is 2.39. The molecule has 1 saturated heterocycles. The van der Waals surface area contributed by atoms with Gasteiger partial charge in [-0.2, -0.15) is 4.72 Å². The lowest BCUT2D eigenvalue weighted by Gasteiger charge is -2.30. The summed E-state index contributed by atoms with van der Waals surface area (Å²) < 4.78 is 29.0. The van der Waals surface area contributed by atoms with E-state index in [-0.39, 0.29) is 11.3 Å². The minimum Gasteiger partial charge on any atom is -0.481 e. The van der Waals surface area contributed by atoms with Crippen molar-refractivity contribution in [1.29, 1.82) is 0 Å². The molecule has 1 aliphatic heterocycles. The largest absolute Gasteiger partial charge is 0.481 e. The molecule has 2 N–H and O–H groups in total. The Bertz CT molecular complexity index is 728. The van der Waals surface area contributed by atoms with Gasteiger partial charge in [0.2, 0.25) is 10.0 Å². The van der Waals surface area contributed by atoms with Gasteiger partial charge in [-0.25, -0.2) is 8.42 Å². The van der Waals surface area contributed by atoms with Gasteiger partial charge in [-0.05, 0) is 30.5 Å². The fourth-order valence-corrected chi connectivity index (χ4v) is 5.23. The van der Waals surface area contributed by atoms with Crippen LogP contribution in [0, 0.1) is 0 Å². The molecule has 0 spiro atoms. The maximum absolute atomic E-state index is 12.8. The van der Waals surface area contributed by atoms with E-state index in [2.05, 4.69) is 11.6 Å². The van der Waals surface area contributed by atoms with Gasteiger partial charge in [0, 0.05) is 6.42 Å². The highest BCUT2D eigenvalue weighted by atomic mass is 32.2. The van der Waals surface area contributed by atoms with Gasteiger partial charge < -0.3 is 9.59 Å². The zero-order valence-electron chi connectivity index (χ0n) is 16.0. The normalized spacial score (nSPS) is 22.4. The summed E-state index contributed by atoms with van der Waals surface area (Å²) in [6.07, 6.45) is 4.65. The first-order valence-electron chi connectivity index (χ1n) is 9.24. The van der Waals surface area contributed by atoms with E-state index in [9.17, 15) is 18.3 Å². The SMILES string of the molecule is CCCCCc1ccc(S(=O)(=O)NC2(CC(=O)O)CC[N+](C)(C)C2)cc1. The van der Waals surface area contributed by atoms with Crippen LogP contribution in [0.3, 0.4) is 0 Å². The quantitative estimate of drug-likeness (QED) is 0.507. The topological polar surface area (TPSA) is 83.5 Å². The summed E-state index contributed by atoms with van der Waals surface area (Å²) in [5, 5.41) is 9.27. The van der Waals surface area contributed by atoms with Gasteiger partial charge in [0.1, 0.15) is 0 Å². The van der Waals surface area contributed by atoms with Crippen LogP contribution in [0.1, 0.15) is 44.6 Å². The Morgan fingerprint density at radius 1 is 1.23 bits per heavy atom. The summed E-state index contributed by atoms with van der Waals surface area (Å²) in [6.45, 7) is 3.36. The number of carboxylic acid groups (broad SMARTS) is 1. The number of benzene rings is 1. The fraction of sp³-hybridized carbons (Fsp3) is 0.632. The molecule has 0 amide bonds. The highest BCUT2D eigenvalue weighted by Crippen LogP contribution is 2.30. The molecule has 0 aliphatic carbocycles. The van der Waals surface area contributed by atoms with Gasteiger partial charge in [-0.15, -0.1) is 0 Å². The van der Waals surface area contributed by atoms with Gasteiger partial charge in [0.25, 0.3) is 0 Å². The van der Waals surface area contributed by atoms with Gasteiger partial charge in [-0.1, -0.05) is 31.9 Å². The smallest absolute Gasteiger partial charge is 0.305 e. The Labute approximate surface area is 156 Å². The first-order valence-corrected chi connectivity index (χ1v) is 10.7. The Balaban J connectivity index is 2.16. The number of sulfonamides is 1. The van der Waals surface area contributed by atoms with Crippen molar-refractivity contribution in [2.45, 2.75) is 55.9 Å². The monoisotopic (exact) mass is 383 g/mol. The van der Waals surface area contributed by atoms with E-state index < -0.39 is 21.5 Å². The number of nitrogens with zero attached hydrogens (tertiary/aromatic N) is 1. The van der Waals surface area contributed by atoms with Crippen LogP contribution in [0.4, 0.5) is 0 Å². The zero-order chi connectivity index (χ0) is 19.4. The van der Waals surface area contributed by atoms with E-state index in [0.717, 1.165) is 37.8 Å². The van der Waals surface area contributed by atoms with Gasteiger partial charge >= 0.3 is 5.97 Å². The van der Waals surface area contributed by atoms with Crippen molar-refractivity contribution in [2.75, 3.05) is 27.2 Å². The third-order valence-electron chi connectivity index (χ3n) is 5.07. The standard InChI is InChI=1S/C19H30N2O4S/c1-4-5-6-7-16-8-10-17(11-9-16)26(24,25)20-19(14-18(22)23)12-13-21(2,3)15-19/h8-11,20H,4-7,12-15H2,1-3H3/p+1. The Kier molecular flexibility index (Phi) is 6.47. The summed E-state index contributed by atoms with van der Waals surface area (Å²) in [5.74, 6) is -0.985. The number of nitrogens with one attached hydrogen (secondary N) is 1. The molecule has 0 bridgehead atoms. The number of aryl methyl sites for hydroxylation is 1. The van der Waals surface area contributed by atoms with Crippen LogP contribution in [0.2, 0.25) is 0 Å². The number of carbonyl (C=O) groups is 1. The number of likely N-dealkylation sites (tertiary alicyclic amines) is 1. The molecule has 0 saturated carbocycles. The number of hydrogen-bond acceptors (Lipinski definition) is 3. The number of rotatable bonds is 9. The summed E-state index contributed by atoms with van der Waals surface area (Å²) >= 11 is 0. The van der Waals surface area contributed by atoms with Crippen molar-refractivity contribution < 1.29 is 22.8 Å². The van der Waals surface area contributed by atoms with Crippen LogP contribution >= 0.6 is 0 Å². The van der Waals surface area contributed by atoms with Crippen molar-refractivity contribution in [3.05, 3.63) is 29.8 Å². The molecule has 1 aliphatic rings. The molecule has 0 aromatic heterocycles. The van der Waals surface area contributed by atoms with E-state index in [4.69, 9.17) is 0 Å². The second kappa shape index (κ2) is 8.06. The van der Waals surface area contributed by atoms with Crippen molar-refractivity contribution in [1.82, 2.24) is 4.72 Å². The molecule has 146 valence electrons. The van der Waals surface area contributed by atoms with E-state index >= 15 is 0 Å². The highest BCUT2D eigenvalue weighted by Gasteiger charge is 2.48. The van der Waals surface area contributed by atoms with Crippen LogP contribution < -0.4 is 4.72 Å². The molecule has 1 aromatic rings. The minimum atomic E-state index is -3.76. The summed E-state index contributed by atoms with van der Waals surface area (Å²) in [6, 6.07) is 6.94. The molecular formula is C19H31N2O4S+. The molecule has 1 atom stereocenters. The van der Waals surface area contributed by atoms with Crippen LogP contribution in [0.15, 0.2) is 29.2 Å². The zero-order valence-corrected chi connectivity index (χ0v) is 16.8. The van der Waals surface area contributed by atoms with Crippen LogP contribution in [-0.2, 0) is 21.2 Å². The van der Waals surface area contributed by atoms with Gasteiger partial charge in [0.15, 0.2) is 0 Å². The minimum absolute atomic E-state index is 0.193. The maximum atomic E-state index is 12.8. The van der Waals surface area contributed by atoms with Crippen molar-refractivity contribution >= 4 is 16.0 Å². The molecule has 1 fully saturated rings. The van der Waals surface area contributed by atoms with Crippen LogP contribution in [0.25, 0.3) is 0 Å². The summed E-state index contributed by atoms with van der Waals surface area (Å²) in [7, 11) is 0.215. The van der Waals surface area contributed by atoms with Crippen molar-refractivity contribution in [3.8, 4) is 0 Å². The van der Waals surface area contributed by atoms with Crippen molar-refractivity contribution in [2.24, 2.45) is 0 Å². The fourth-order valence-electron chi connectivity index (χ4n) is 3.81. The van der Waals surface area contributed by atoms with Crippen molar-refractivity contribution in [3.63, 3.8) is 0 Å². The third-order valence-corrected chi connectivity index (χ3v) is 6.66. The molecule has 1 heterocycles. The first kappa shape index (κ1) is 20.9. The van der Waals surface area contributed by atoms with Crippen LogP contribution in [-0.4, -0.2) is 56.7 Å². The molecule has 0 radical (unpaired) electrons. The third kappa shape index (κ3) is 5.53. The Morgan fingerprint density at radius 2 is 1.88 bits per heavy atom. The number of aliphatic carboxylic acids is 1. The number of quaternary nitrogens is 1. The second-order valence-corrected chi connectivity index (χ2v) is 9.81. The molecule has 26 heavy (non-hydrogen) atoms. The summed E-state index contributed by atoms with van der Waals surface area (Å²) in [5.41, 5.74) is 0.185. The second-order valence-electron chi connectivity index (χ2n) is 8.12. The molecular weight excluding hydrogens is 352 g/mol. The van der Waals surface area contributed by atoms with E-state index in [0.29, 0.717) is 17.4 Å². The van der Waals surface area contributed by atoms with Gasteiger partial charge in [-0.3, -0.25) is 4.79 Å². The van der Waals surface area contributed by atoms with Gasteiger partial charge in [0.05, 0.1) is 44.0 Å². The summed E-state index contributed by atoms with van der Waals surface area (Å²) in [4.78, 5) is 11.5. The molecule has 2 rings (SSSR count). The average Bonchev–Trinajstić information content (AvgIpc) is 2.81. The highest BCUT2D eigenvalue weighted by molar-refractivity contribution is 7.89. The van der Waals surface area contributed by atoms with Crippen LogP contribution in [0.5, 0.6) is 0 Å². The Hall–Kier alpha value is -1.44. The van der Waals surface area contributed by atoms with E-state index in [1.807, 2.05) is 26.2 Å². The number of carboxylic acids is 1. The number of unbranched alkanes of at least 4 members (excludes halogenated alkanes) is 2. The molecule has 1 aromatic carbocycles. The average molecular weight is 384 g/mol. The first-order chi connectivity index (χ1) is 12.1. The predicted molar refractivity (Wildman–Crippen MR) is 101 cm³/mol. The van der Waals surface area contributed by atoms with E-state index in [1.165, 1.54) is 0 Å². The number of hydrogen-bond donors (Lipinski definition) is 2. The molecule has 7 heteroatoms. The number of likely N-dealkylation sites (N-methyl/N-ethyl adjacent to an activating group) is 1. The van der Waals surface area contributed by atoms with E-state index in [1.54, 1.807) is 12.1 Å². The lowest BCUT2D eigenvalue weighted by molar-refractivity contribution is -0.879.